The van der Waals surface area contributed by atoms with Crippen LogP contribution in [0.4, 0.5) is 0 Å². The SMILES string of the molecule is C=C/C=C1/CN(C)CC(=O)ON2OC(=O)c3cc(C#Cc4ccc(-c5ccc(CCCCCCCC)cc5)cc4)cc(n3)CN(CC)C[I-]N(CC=N1)Cc1cc(C#Cc3ccc(-c4ccc(CCCCCCCC)cc4)cc3)cc(n1)C(=O)O2. The van der Waals surface area contributed by atoms with E-state index in [9.17, 15) is 14.4 Å². The minimum atomic E-state index is -1.06. The molecule has 0 amide bonds. The molecule has 0 fully saturated rings. The van der Waals surface area contributed by atoms with E-state index in [4.69, 9.17) is 29.5 Å². The summed E-state index contributed by atoms with van der Waals surface area (Å²) in [5, 5.41) is 0.126. The van der Waals surface area contributed by atoms with Crippen molar-refractivity contribution in [1.82, 2.24) is 28.3 Å². The molecule has 2 unspecified atom stereocenters. The van der Waals surface area contributed by atoms with Crippen LogP contribution >= 0.6 is 0 Å². The standard InChI is InChI=1S/C71H79IN7O6/c1-6-10-12-14-16-18-21-54-27-35-60(36-28-54)62-39-31-56(32-40-62)23-25-58-45-65-50-77(9-4)53-72-78-44-43-73-64(20-8-3)49-76(5)52-69(80)83-79(84-70(81)67(47-58)74-65)85-71(82)68-48-59(46-66(51-78)75-68)26-24-57-33-41-63(42-34-57)61-37-29-55(30-38-61)22-19-17-15-13-11-7-2/h8,20,27-43,45-48H,3,6-7,9-19,21-22,44,49-53H2,1-2,4-5H3/q-1/b64-20-,73-43?. The molecule has 442 valence electrons. The molecular formula is C71H79IN7O6-. The van der Waals surface area contributed by atoms with Crippen molar-refractivity contribution in [3.63, 3.8) is 0 Å². The molecule has 8 rings (SSSR count). The Morgan fingerprint density at radius 2 is 1.00 bits per heavy atom. The number of carbonyl (C=O) groups is 3. The van der Waals surface area contributed by atoms with Gasteiger partial charge in [-0.3, -0.25) is 0 Å². The van der Waals surface area contributed by atoms with Crippen molar-refractivity contribution in [2.24, 2.45) is 4.99 Å². The van der Waals surface area contributed by atoms with Gasteiger partial charge < -0.3 is 0 Å². The first-order valence-corrected chi connectivity index (χ1v) is 32.5. The van der Waals surface area contributed by atoms with E-state index in [1.807, 2.05) is 42.6 Å². The Balaban J connectivity index is 1.05. The van der Waals surface area contributed by atoms with Crippen LogP contribution in [0.5, 0.6) is 0 Å². The van der Waals surface area contributed by atoms with Crippen molar-refractivity contribution in [2.75, 3.05) is 37.8 Å². The van der Waals surface area contributed by atoms with Crippen molar-refractivity contribution >= 4 is 24.1 Å². The number of benzene rings is 4. The number of nitrogens with zero attached hydrogens (tertiary/aromatic N) is 7. The number of alkyl halides is 1. The van der Waals surface area contributed by atoms with Crippen molar-refractivity contribution in [2.45, 2.75) is 124 Å². The molecule has 2 aliphatic heterocycles. The molecule has 0 saturated heterocycles. The summed E-state index contributed by atoms with van der Waals surface area (Å²) in [7, 11) is 1.71. The summed E-state index contributed by atoms with van der Waals surface area (Å²) in [6.45, 7) is 12.2. The Morgan fingerprint density at radius 1 is 0.541 bits per heavy atom. The number of hydrogen-bond donors (Lipinski definition) is 0. The van der Waals surface area contributed by atoms with Crippen LogP contribution in [0.25, 0.3) is 22.3 Å². The first-order valence-electron chi connectivity index (χ1n) is 30.0. The quantitative estimate of drug-likeness (QED) is 0.0203. The van der Waals surface area contributed by atoms with Crippen molar-refractivity contribution in [3.8, 4) is 45.9 Å². The molecule has 2 aromatic heterocycles. The van der Waals surface area contributed by atoms with Crippen molar-refractivity contribution in [3.05, 3.63) is 202 Å². The normalized spacial score (nSPS) is 16.8. The third kappa shape index (κ3) is 20.9. The van der Waals surface area contributed by atoms with Crippen molar-refractivity contribution in [1.29, 1.82) is 0 Å². The number of allylic oxidation sites excluding steroid dienone is 2. The zero-order valence-electron chi connectivity index (χ0n) is 49.8. The molecule has 0 spiro atoms. The third-order valence-corrected chi connectivity index (χ3v) is 17.6. The predicted molar refractivity (Wildman–Crippen MR) is 333 cm³/mol. The van der Waals surface area contributed by atoms with Gasteiger partial charge in [0.15, 0.2) is 0 Å². The number of aryl methyl sites for hydroxylation is 2. The Labute approximate surface area is 514 Å². The molecule has 0 aliphatic carbocycles. The van der Waals surface area contributed by atoms with E-state index >= 15 is 0 Å². The Morgan fingerprint density at radius 3 is 1.48 bits per heavy atom. The van der Waals surface area contributed by atoms with Gasteiger partial charge in [0.2, 0.25) is 0 Å². The Kier molecular flexibility index (Phi) is 25.2. The van der Waals surface area contributed by atoms with Gasteiger partial charge in [0.25, 0.3) is 0 Å². The zero-order chi connectivity index (χ0) is 59.6. The van der Waals surface area contributed by atoms with E-state index in [0.717, 1.165) is 46.2 Å². The van der Waals surface area contributed by atoms with Crippen LogP contribution < -0.4 is 21.5 Å². The predicted octanol–water partition coefficient (Wildman–Crippen LogP) is 10.7. The van der Waals surface area contributed by atoms with Crippen LogP contribution in [0.1, 0.15) is 164 Å². The number of aromatic nitrogens is 2. The van der Waals surface area contributed by atoms with Gasteiger partial charge in [-0.25, -0.2) is 0 Å². The number of halogens is 1. The number of fused-ring (bicyclic) bond motifs is 5. The topological polar surface area (TPSA) is 130 Å². The summed E-state index contributed by atoms with van der Waals surface area (Å²) in [6.07, 6.45) is 22.8. The molecule has 0 N–H and O–H groups in total. The molecule has 85 heavy (non-hydrogen) atoms. The Bertz CT molecular complexity index is 3380. The molecule has 2 aliphatic rings. The minimum absolute atomic E-state index is 0.126. The third-order valence-electron chi connectivity index (χ3n) is 14.6. The second-order valence-corrected chi connectivity index (χ2v) is 24.3. The maximum atomic E-state index is 14.3. The first-order chi connectivity index (χ1) is 41.5. The fourth-order valence-corrected chi connectivity index (χ4v) is 12.5. The number of aliphatic imine (C=N–C) groups is 1. The van der Waals surface area contributed by atoms with Gasteiger partial charge in [0, 0.05) is 0 Å². The summed E-state index contributed by atoms with van der Waals surface area (Å²) in [6, 6.07) is 40.5. The van der Waals surface area contributed by atoms with Crippen LogP contribution in [0.2, 0.25) is 0 Å². The molecule has 2 atom stereocenters. The number of hydrogen-bond acceptors (Lipinski definition) is 13. The van der Waals surface area contributed by atoms with Gasteiger partial charge >= 0.3 is 348 Å². The first kappa shape index (κ1) is 63.5. The molecule has 6 bridgehead atoms. The molecule has 6 aromatic rings. The van der Waals surface area contributed by atoms with Gasteiger partial charge in [0.1, 0.15) is 0 Å². The number of likely N-dealkylation sites (N-methyl/N-ethyl adjacent to an activating group) is 1. The number of rotatable bonds is 18. The van der Waals surface area contributed by atoms with Gasteiger partial charge in [-0.15, -0.1) is 0 Å². The Hall–Kier alpha value is -7.57. The summed E-state index contributed by atoms with van der Waals surface area (Å²) >= 11 is -0.768. The monoisotopic (exact) mass is 1250 g/mol. The van der Waals surface area contributed by atoms with Crippen LogP contribution in [0.3, 0.4) is 0 Å². The average molecular weight is 1250 g/mol. The van der Waals surface area contributed by atoms with E-state index in [1.165, 1.54) is 100 Å². The summed E-state index contributed by atoms with van der Waals surface area (Å²) in [5.74, 6) is 10.0. The van der Waals surface area contributed by atoms with Gasteiger partial charge in [0.05, 0.1) is 0 Å². The van der Waals surface area contributed by atoms with Crippen molar-refractivity contribution < 1.29 is 50.4 Å². The van der Waals surface area contributed by atoms with Gasteiger partial charge in [-0.05, 0) is 42.4 Å². The van der Waals surface area contributed by atoms with E-state index in [2.05, 4.69) is 132 Å². The summed E-state index contributed by atoms with van der Waals surface area (Å²) < 4.78 is 2.99. The fraction of sp³-hybridized carbons (Fsp3) is 0.352. The molecule has 14 heteroatoms. The number of pyridine rings is 2. The van der Waals surface area contributed by atoms with Crippen LogP contribution in [0.15, 0.2) is 151 Å². The van der Waals surface area contributed by atoms with E-state index < -0.39 is 39.4 Å². The number of carbonyl (C=O) groups excluding carboxylic acids is 3. The van der Waals surface area contributed by atoms with E-state index in [1.54, 1.807) is 24.1 Å². The molecule has 0 saturated carbocycles. The molecule has 0 radical (unpaired) electrons. The van der Waals surface area contributed by atoms with E-state index in [0.29, 0.717) is 58.9 Å². The average Bonchev–Trinajstić information content (AvgIpc) is 3.56. The van der Waals surface area contributed by atoms with E-state index in [-0.39, 0.29) is 29.9 Å². The zero-order valence-corrected chi connectivity index (χ0v) is 52.0. The second kappa shape index (κ2) is 33.8. The molecule has 13 nitrogen and oxygen atoms in total. The van der Waals surface area contributed by atoms with Gasteiger partial charge in [-0.2, -0.15) is 0 Å². The number of unbranched alkanes of at least 4 members (excludes halogenated alkanes) is 10. The van der Waals surface area contributed by atoms with Crippen LogP contribution in [-0.4, -0.2) is 90.2 Å². The second-order valence-electron chi connectivity index (χ2n) is 21.6. The van der Waals surface area contributed by atoms with Gasteiger partial charge in [-0.1, -0.05) is 127 Å². The summed E-state index contributed by atoms with van der Waals surface area (Å²) in [5.41, 5.74) is 11.2. The van der Waals surface area contributed by atoms with Crippen LogP contribution in [0, 0.1) is 23.7 Å². The van der Waals surface area contributed by atoms with Crippen LogP contribution in [-0.2, 0) is 45.2 Å². The maximum absolute atomic E-state index is 14.3. The fourth-order valence-electron chi connectivity index (χ4n) is 9.84. The molecule has 4 heterocycles. The molecule has 4 aromatic carbocycles. The summed E-state index contributed by atoms with van der Waals surface area (Å²) in [4.78, 5) is 77.3. The molecular weight excluding hydrogens is 1170 g/mol.